The van der Waals surface area contributed by atoms with E-state index in [4.69, 9.17) is 0 Å². The van der Waals surface area contributed by atoms with E-state index in [-0.39, 0.29) is 12.0 Å². The number of benzene rings is 1. The zero-order valence-corrected chi connectivity index (χ0v) is 12.6. The molecule has 1 amide bonds. The molecule has 1 fully saturated rings. The van der Waals surface area contributed by atoms with Crippen molar-refractivity contribution in [1.29, 1.82) is 0 Å². The van der Waals surface area contributed by atoms with Crippen molar-refractivity contribution in [3.8, 4) is 0 Å². The van der Waals surface area contributed by atoms with Crippen LogP contribution in [0.2, 0.25) is 0 Å². The van der Waals surface area contributed by atoms with Crippen molar-refractivity contribution >= 4 is 27.5 Å². The normalized spacial score (nSPS) is 17.4. The Kier molecular flexibility index (Phi) is 4.96. The predicted molar refractivity (Wildman–Crippen MR) is 79.2 cm³/mol. The highest BCUT2D eigenvalue weighted by Crippen LogP contribution is 2.20. The first-order valence-corrected chi connectivity index (χ1v) is 7.30. The number of anilines is 1. The number of rotatable bonds is 3. The summed E-state index contributed by atoms with van der Waals surface area (Å²) in [5.41, 5.74) is 1.92. The minimum atomic E-state index is -0.201. The Morgan fingerprint density at radius 1 is 1.47 bits per heavy atom. The zero-order valence-electron chi connectivity index (χ0n) is 11.0. The molecule has 0 unspecified atom stereocenters. The van der Waals surface area contributed by atoms with Crippen LogP contribution in [0.3, 0.4) is 0 Å². The van der Waals surface area contributed by atoms with Crippen molar-refractivity contribution in [2.75, 3.05) is 25.0 Å². The van der Waals surface area contributed by atoms with Crippen molar-refractivity contribution in [1.82, 2.24) is 4.90 Å². The molecule has 0 aromatic heterocycles. The Morgan fingerprint density at radius 3 is 2.79 bits per heavy atom. The lowest BCUT2D eigenvalue weighted by Gasteiger charge is -2.28. The van der Waals surface area contributed by atoms with Gasteiger partial charge >= 0.3 is 0 Å². The zero-order chi connectivity index (χ0) is 13.8. The van der Waals surface area contributed by atoms with Crippen molar-refractivity contribution in [3.05, 3.63) is 28.2 Å². The molecule has 1 aromatic carbocycles. The smallest absolute Gasteiger partial charge is 0.238 e. The molecular weight excluding hydrogens is 308 g/mol. The van der Waals surface area contributed by atoms with E-state index >= 15 is 0 Å². The molecule has 0 saturated carbocycles. The molecule has 2 N–H and O–H groups in total. The Balaban J connectivity index is 1.85. The lowest BCUT2D eigenvalue weighted by Crippen LogP contribution is -2.40. The number of likely N-dealkylation sites (tertiary alicyclic amines) is 1. The summed E-state index contributed by atoms with van der Waals surface area (Å²) in [5.74, 6) is -0.00175. The second-order valence-corrected chi connectivity index (χ2v) is 5.87. The lowest BCUT2D eigenvalue weighted by atomic mass is 10.1. The topological polar surface area (TPSA) is 52.6 Å². The number of carbonyl (C=O) groups excluding carboxylic acids is 1. The summed E-state index contributed by atoms with van der Waals surface area (Å²) in [6.07, 6.45) is 1.31. The summed E-state index contributed by atoms with van der Waals surface area (Å²) >= 11 is 3.44. The van der Waals surface area contributed by atoms with E-state index in [1.54, 1.807) is 0 Å². The first kappa shape index (κ1) is 14.5. The Labute approximate surface area is 121 Å². The molecule has 0 atom stereocenters. The highest BCUT2D eigenvalue weighted by molar-refractivity contribution is 9.10. The van der Waals surface area contributed by atoms with Crippen LogP contribution in [0.5, 0.6) is 0 Å². The number of amides is 1. The van der Waals surface area contributed by atoms with Gasteiger partial charge in [-0.25, -0.2) is 0 Å². The van der Waals surface area contributed by atoms with Crippen molar-refractivity contribution in [2.45, 2.75) is 25.9 Å². The molecule has 104 valence electrons. The van der Waals surface area contributed by atoms with Crippen LogP contribution in [0, 0.1) is 6.92 Å². The fraction of sp³-hybridized carbons (Fsp3) is 0.500. The molecular formula is C14H19BrN2O2. The average molecular weight is 327 g/mol. The third-order valence-corrected chi connectivity index (χ3v) is 4.26. The maximum Gasteiger partial charge on any atom is 0.238 e. The number of aryl methyl sites for hydroxylation is 1. The van der Waals surface area contributed by atoms with E-state index in [0.717, 1.165) is 41.7 Å². The maximum absolute atomic E-state index is 11.9. The fourth-order valence-corrected chi connectivity index (χ4v) is 2.45. The molecule has 1 aliphatic rings. The van der Waals surface area contributed by atoms with Crippen molar-refractivity contribution in [3.63, 3.8) is 0 Å². The van der Waals surface area contributed by atoms with Crippen LogP contribution < -0.4 is 5.32 Å². The standard InChI is InChI=1S/C14H19BrN2O2/c1-10-8-11(2-3-13(10)15)16-14(19)9-17-6-4-12(18)5-7-17/h2-3,8,12,18H,4-7,9H2,1H3,(H,16,19). The van der Waals surface area contributed by atoms with Crippen LogP contribution in [0.1, 0.15) is 18.4 Å². The Bertz CT molecular complexity index is 457. The Morgan fingerprint density at radius 2 is 2.16 bits per heavy atom. The molecule has 19 heavy (non-hydrogen) atoms. The molecule has 1 aromatic rings. The molecule has 0 spiro atoms. The maximum atomic E-state index is 11.9. The number of aliphatic hydroxyl groups excluding tert-OH is 1. The van der Waals surface area contributed by atoms with Gasteiger partial charge in [0.25, 0.3) is 0 Å². The summed E-state index contributed by atoms with van der Waals surface area (Å²) in [6.45, 7) is 3.95. The number of carbonyl (C=O) groups is 1. The molecule has 1 heterocycles. The molecule has 5 heteroatoms. The monoisotopic (exact) mass is 326 g/mol. The third kappa shape index (κ3) is 4.30. The molecule has 4 nitrogen and oxygen atoms in total. The van der Waals surface area contributed by atoms with Gasteiger partial charge < -0.3 is 10.4 Å². The fourth-order valence-electron chi connectivity index (χ4n) is 2.20. The second-order valence-electron chi connectivity index (χ2n) is 5.02. The first-order valence-electron chi connectivity index (χ1n) is 6.51. The highest BCUT2D eigenvalue weighted by atomic mass is 79.9. The number of hydrogen-bond acceptors (Lipinski definition) is 3. The first-order chi connectivity index (χ1) is 9.04. The molecule has 0 aliphatic carbocycles. The number of piperidine rings is 1. The summed E-state index contributed by atoms with van der Waals surface area (Å²) in [5, 5.41) is 12.3. The molecule has 1 saturated heterocycles. The minimum Gasteiger partial charge on any atom is -0.393 e. The van der Waals surface area contributed by atoms with Gasteiger partial charge in [0.1, 0.15) is 0 Å². The van der Waals surface area contributed by atoms with Gasteiger partial charge in [0.2, 0.25) is 5.91 Å². The minimum absolute atomic E-state index is 0.00175. The quantitative estimate of drug-likeness (QED) is 0.894. The number of aliphatic hydroxyl groups is 1. The van der Waals surface area contributed by atoms with Gasteiger partial charge in [-0.1, -0.05) is 15.9 Å². The van der Waals surface area contributed by atoms with Crippen LogP contribution in [-0.4, -0.2) is 41.7 Å². The van der Waals surface area contributed by atoms with Crippen molar-refractivity contribution in [2.24, 2.45) is 0 Å². The number of nitrogens with one attached hydrogen (secondary N) is 1. The molecule has 0 bridgehead atoms. The second kappa shape index (κ2) is 6.50. The van der Waals surface area contributed by atoms with Gasteiger partial charge in [-0.05, 0) is 43.5 Å². The molecule has 0 radical (unpaired) electrons. The number of hydrogen-bond donors (Lipinski definition) is 2. The summed E-state index contributed by atoms with van der Waals surface area (Å²) in [7, 11) is 0. The van der Waals surface area contributed by atoms with Gasteiger partial charge in [-0.3, -0.25) is 9.69 Å². The number of nitrogens with zero attached hydrogens (tertiary/aromatic N) is 1. The predicted octanol–water partition coefficient (Wildman–Crippen LogP) is 2.15. The largest absolute Gasteiger partial charge is 0.393 e. The van der Waals surface area contributed by atoms with Crippen LogP contribution in [0.25, 0.3) is 0 Å². The average Bonchev–Trinajstić information content (AvgIpc) is 2.37. The van der Waals surface area contributed by atoms with Gasteiger partial charge in [0, 0.05) is 23.2 Å². The van der Waals surface area contributed by atoms with E-state index in [0.29, 0.717) is 6.54 Å². The number of halogens is 1. The highest BCUT2D eigenvalue weighted by Gasteiger charge is 2.18. The van der Waals surface area contributed by atoms with E-state index in [2.05, 4.69) is 26.1 Å². The van der Waals surface area contributed by atoms with E-state index < -0.39 is 0 Å². The summed E-state index contributed by atoms with van der Waals surface area (Å²) < 4.78 is 1.04. The van der Waals surface area contributed by atoms with E-state index in [1.165, 1.54) is 0 Å². The van der Waals surface area contributed by atoms with Gasteiger partial charge in [-0.15, -0.1) is 0 Å². The molecule has 1 aliphatic heterocycles. The van der Waals surface area contributed by atoms with Crippen LogP contribution >= 0.6 is 15.9 Å². The van der Waals surface area contributed by atoms with E-state index in [9.17, 15) is 9.90 Å². The van der Waals surface area contributed by atoms with Crippen LogP contribution in [-0.2, 0) is 4.79 Å². The summed E-state index contributed by atoms with van der Waals surface area (Å²) in [6, 6.07) is 5.76. The van der Waals surface area contributed by atoms with Crippen molar-refractivity contribution < 1.29 is 9.90 Å². The van der Waals surface area contributed by atoms with Gasteiger partial charge in [-0.2, -0.15) is 0 Å². The van der Waals surface area contributed by atoms with E-state index in [1.807, 2.05) is 25.1 Å². The molecule has 2 rings (SSSR count). The third-order valence-electron chi connectivity index (χ3n) is 3.37. The SMILES string of the molecule is Cc1cc(NC(=O)CN2CCC(O)CC2)ccc1Br. The lowest BCUT2D eigenvalue weighted by molar-refractivity contribution is -0.117. The van der Waals surface area contributed by atoms with Gasteiger partial charge in [0.05, 0.1) is 12.6 Å². The summed E-state index contributed by atoms with van der Waals surface area (Å²) in [4.78, 5) is 14.0. The van der Waals surface area contributed by atoms with Gasteiger partial charge in [0.15, 0.2) is 0 Å². The van der Waals surface area contributed by atoms with Crippen LogP contribution in [0.4, 0.5) is 5.69 Å². The van der Waals surface area contributed by atoms with Crippen LogP contribution in [0.15, 0.2) is 22.7 Å². The Hall–Kier alpha value is -0.910.